The minimum absolute atomic E-state index is 0.00820. The summed E-state index contributed by atoms with van der Waals surface area (Å²) < 4.78 is 31.6. The van der Waals surface area contributed by atoms with Crippen LogP contribution in [0.1, 0.15) is 30.4 Å². The first-order valence-electron chi connectivity index (χ1n) is 10.9. The van der Waals surface area contributed by atoms with E-state index in [0.29, 0.717) is 24.5 Å². The van der Waals surface area contributed by atoms with Crippen molar-refractivity contribution in [1.29, 1.82) is 0 Å². The van der Waals surface area contributed by atoms with Gasteiger partial charge < -0.3 is 19.0 Å². The van der Waals surface area contributed by atoms with E-state index in [1.807, 2.05) is 12.3 Å². The number of H-pyrrole nitrogens is 1. The van der Waals surface area contributed by atoms with Crippen molar-refractivity contribution in [3.63, 3.8) is 0 Å². The second-order valence-corrected chi connectivity index (χ2v) is 8.53. The van der Waals surface area contributed by atoms with E-state index >= 15 is 0 Å². The van der Waals surface area contributed by atoms with Crippen LogP contribution in [0.3, 0.4) is 0 Å². The molecule has 6 rings (SSSR count). The van der Waals surface area contributed by atoms with E-state index in [4.69, 9.17) is 14.0 Å². The van der Waals surface area contributed by atoms with E-state index in [1.165, 1.54) is 25.3 Å². The molecule has 0 saturated carbocycles. The fourth-order valence-electron chi connectivity index (χ4n) is 4.82. The zero-order valence-electron chi connectivity index (χ0n) is 17.2. The van der Waals surface area contributed by atoms with Crippen LogP contribution < -0.4 is 9.47 Å². The van der Waals surface area contributed by atoms with Crippen molar-refractivity contribution >= 4 is 21.8 Å². The Kier molecular flexibility index (Phi) is 4.56. The molecule has 1 N–H and O–H groups in total. The van der Waals surface area contributed by atoms with Crippen molar-refractivity contribution in [3.05, 3.63) is 53.7 Å². The minimum Gasteiger partial charge on any atom is -0.486 e. The number of aromatic nitrogens is 2. The van der Waals surface area contributed by atoms with Crippen molar-refractivity contribution in [2.45, 2.75) is 31.8 Å². The third kappa shape index (κ3) is 3.43. The molecule has 0 radical (unpaired) electrons. The fraction of sp³-hybridized carbons (Fsp3) is 0.375. The van der Waals surface area contributed by atoms with Crippen LogP contribution in [0.5, 0.6) is 11.5 Å². The molecule has 7 heteroatoms. The Balaban J connectivity index is 1.31. The highest BCUT2D eigenvalue weighted by Crippen LogP contribution is 2.41. The molecule has 2 aliphatic heterocycles. The van der Waals surface area contributed by atoms with Crippen LogP contribution in [-0.4, -0.2) is 47.4 Å². The zero-order valence-corrected chi connectivity index (χ0v) is 17.2. The highest BCUT2D eigenvalue weighted by molar-refractivity contribution is 5.91. The number of piperidine rings is 1. The van der Waals surface area contributed by atoms with Gasteiger partial charge in [0.2, 0.25) is 0 Å². The van der Waals surface area contributed by atoms with Crippen LogP contribution in [0, 0.1) is 5.82 Å². The maximum absolute atomic E-state index is 13.8. The third-order valence-electron chi connectivity index (χ3n) is 6.38. The van der Waals surface area contributed by atoms with Gasteiger partial charge in [-0.15, -0.1) is 0 Å². The molecule has 1 unspecified atom stereocenters. The lowest BCUT2D eigenvalue weighted by Gasteiger charge is -2.33. The van der Waals surface area contributed by atoms with Gasteiger partial charge in [0.05, 0.1) is 5.39 Å². The minimum atomic E-state index is -0.248. The summed E-state index contributed by atoms with van der Waals surface area (Å²) in [6.07, 6.45) is 7.93. The summed E-state index contributed by atoms with van der Waals surface area (Å²) in [4.78, 5) is 5.67. The standard InChI is InChI=1S/C24H24FN3O3/c25-17-4-5-21-19(10-17)16(11-26-21)8-15-9-22-24(20-14-30-27-23(15)20)31-18(13-29-22)12-28-6-2-1-3-7-28/h4-5,9-11,14,18,26H,1-3,6-8,12-13H2. The molecule has 0 bridgehead atoms. The molecule has 0 amide bonds. The number of rotatable bonds is 4. The number of fused-ring (bicyclic) bond motifs is 4. The van der Waals surface area contributed by atoms with Crippen LogP contribution in [0.2, 0.25) is 0 Å². The molecule has 160 valence electrons. The summed E-state index contributed by atoms with van der Waals surface area (Å²) in [6.45, 7) is 3.64. The topological polar surface area (TPSA) is 63.5 Å². The van der Waals surface area contributed by atoms with E-state index in [1.54, 1.807) is 18.4 Å². The van der Waals surface area contributed by atoms with Crippen molar-refractivity contribution in [3.8, 4) is 11.5 Å². The van der Waals surface area contributed by atoms with E-state index in [9.17, 15) is 4.39 Å². The van der Waals surface area contributed by atoms with E-state index in [2.05, 4.69) is 15.0 Å². The van der Waals surface area contributed by atoms with Gasteiger partial charge in [-0.05, 0) is 61.3 Å². The van der Waals surface area contributed by atoms with Gasteiger partial charge in [0.15, 0.2) is 11.5 Å². The van der Waals surface area contributed by atoms with Crippen LogP contribution >= 0.6 is 0 Å². The first-order chi connectivity index (χ1) is 15.2. The molecule has 0 aliphatic carbocycles. The van der Waals surface area contributed by atoms with E-state index in [0.717, 1.165) is 52.6 Å². The molecule has 2 aromatic carbocycles. The lowest BCUT2D eigenvalue weighted by atomic mass is 10.0. The molecule has 1 saturated heterocycles. The van der Waals surface area contributed by atoms with Crippen molar-refractivity contribution in [2.24, 2.45) is 0 Å². The van der Waals surface area contributed by atoms with Gasteiger partial charge >= 0.3 is 0 Å². The Hall–Kier alpha value is -3.06. The van der Waals surface area contributed by atoms with Crippen LogP contribution in [0.25, 0.3) is 21.8 Å². The predicted molar refractivity (Wildman–Crippen MR) is 115 cm³/mol. The van der Waals surface area contributed by atoms with Gasteiger partial charge in [0, 0.05) is 30.1 Å². The molecule has 1 atom stereocenters. The summed E-state index contributed by atoms with van der Waals surface area (Å²) in [7, 11) is 0. The fourth-order valence-corrected chi connectivity index (χ4v) is 4.82. The molecule has 1 fully saturated rings. The first kappa shape index (κ1) is 18.7. The van der Waals surface area contributed by atoms with Crippen LogP contribution in [0.4, 0.5) is 4.39 Å². The summed E-state index contributed by atoms with van der Waals surface area (Å²) in [6, 6.07) is 6.76. The number of nitrogens with one attached hydrogen (secondary N) is 1. The van der Waals surface area contributed by atoms with Gasteiger partial charge in [0.1, 0.15) is 30.3 Å². The average Bonchev–Trinajstić information content (AvgIpc) is 3.43. The molecule has 6 nitrogen and oxygen atoms in total. The summed E-state index contributed by atoms with van der Waals surface area (Å²) >= 11 is 0. The largest absolute Gasteiger partial charge is 0.486 e. The molecule has 31 heavy (non-hydrogen) atoms. The monoisotopic (exact) mass is 421 g/mol. The van der Waals surface area contributed by atoms with Crippen LogP contribution in [0.15, 0.2) is 41.2 Å². The average molecular weight is 421 g/mol. The quantitative estimate of drug-likeness (QED) is 0.519. The second-order valence-electron chi connectivity index (χ2n) is 8.53. The number of ether oxygens (including phenoxy) is 2. The van der Waals surface area contributed by atoms with Crippen molar-refractivity contribution in [1.82, 2.24) is 15.0 Å². The van der Waals surface area contributed by atoms with Crippen molar-refractivity contribution in [2.75, 3.05) is 26.2 Å². The Morgan fingerprint density at radius 3 is 2.90 bits per heavy atom. The molecule has 2 aliphatic rings. The lowest BCUT2D eigenvalue weighted by Crippen LogP contribution is -2.43. The summed E-state index contributed by atoms with van der Waals surface area (Å²) in [5.41, 5.74) is 3.63. The molecule has 4 aromatic rings. The highest BCUT2D eigenvalue weighted by atomic mass is 19.1. The predicted octanol–water partition coefficient (Wildman–Crippen LogP) is 4.66. The smallest absolute Gasteiger partial charge is 0.174 e. The normalized spacial score (nSPS) is 19.3. The molecule has 0 spiro atoms. The second kappa shape index (κ2) is 7.57. The number of hydrogen-bond acceptors (Lipinski definition) is 5. The van der Waals surface area contributed by atoms with Gasteiger partial charge in [-0.2, -0.15) is 0 Å². The summed E-state index contributed by atoms with van der Waals surface area (Å²) in [5.74, 6) is 1.17. The van der Waals surface area contributed by atoms with Gasteiger partial charge in [-0.25, -0.2) is 4.39 Å². The molecular weight excluding hydrogens is 397 g/mol. The first-order valence-corrected chi connectivity index (χ1v) is 10.9. The summed E-state index contributed by atoms with van der Waals surface area (Å²) in [5, 5.41) is 5.93. The van der Waals surface area contributed by atoms with Gasteiger partial charge in [-0.3, -0.25) is 4.90 Å². The maximum Gasteiger partial charge on any atom is 0.174 e. The Morgan fingerprint density at radius 2 is 2.00 bits per heavy atom. The number of hydrogen-bond donors (Lipinski definition) is 1. The Labute approximate surface area is 178 Å². The van der Waals surface area contributed by atoms with E-state index < -0.39 is 0 Å². The van der Waals surface area contributed by atoms with Crippen LogP contribution in [-0.2, 0) is 6.42 Å². The van der Waals surface area contributed by atoms with Crippen molar-refractivity contribution < 1.29 is 18.4 Å². The Morgan fingerprint density at radius 1 is 1.10 bits per heavy atom. The number of likely N-dealkylation sites (tertiary alicyclic amines) is 1. The highest BCUT2D eigenvalue weighted by Gasteiger charge is 2.28. The third-order valence-corrected chi connectivity index (χ3v) is 6.38. The number of halogens is 1. The van der Waals surface area contributed by atoms with Gasteiger partial charge in [-0.1, -0.05) is 11.6 Å². The lowest BCUT2D eigenvalue weighted by molar-refractivity contribution is 0.0547. The number of aromatic amines is 1. The number of nitrogens with zero attached hydrogens (tertiary/aromatic N) is 2. The van der Waals surface area contributed by atoms with E-state index in [-0.39, 0.29) is 11.9 Å². The van der Waals surface area contributed by atoms with Gasteiger partial charge in [0.25, 0.3) is 0 Å². The zero-order chi connectivity index (χ0) is 20.8. The number of benzene rings is 2. The Bertz CT molecular complexity index is 1240. The maximum atomic E-state index is 13.8. The molecule has 2 aromatic heterocycles. The molecule has 4 heterocycles. The molecular formula is C24H24FN3O3. The SMILES string of the molecule is Fc1ccc2[nH]cc(Cc3cc4c(c5conc35)OC(CN3CCCCC3)CO4)c2c1.